The Balaban J connectivity index is 2.15. The summed E-state index contributed by atoms with van der Waals surface area (Å²) in [6, 6.07) is 12.3. The van der Waals surface area contributed by atoms with Crippen LogP contribution in [0.15, 0.2) is 36.4 Å². The van der Waals surface area contributed by atoms with Crippen molar-refractivity contribution in [2.24, 2.45) is 0 Å². The third kappa shape index (κ3) is 3.61. The second-order valence-electron chi connectivity index (χ2n) is 5.25. The predicted octanol–water partition coefficient (Wildman–Crippen LogP) is 3.39. The molecule has 22 heavy (non-hydrogen) atoms. The molecule has 5 nitrogen and oxygen atoms in total. The molecule has 0 aliphatic rings. The number of nitrogens with one attached hydrogen (secondary N) is 1. The van der Waals surface area contributed by atoms with Gasteiger partial charge >= 0.3 is 5.97 Å². The highest BCUT2D eigenvalue weighted by Gasteiger charge is 2.08. The second kappa shape index (κ2) is 6.72. The van der Waals surface area contributed by atoms with Crippen LogP contribution >= 0.6 is 0 Å². The number of nitriles is 1. The molecule has 1 aromatic heterocycles. The van der Waals surface area contributed by atoms with E-state index >= 15 is 0 Å². The molecule has 2 aromatic rings. The summed E-state index contributed by atoms with van der Waals surface area (Å²) in [5, 5.41) is 21.2. The van der Waals surface area contributed by atoms with E-state index in [4.69, 9.17) is 10.4 Å². The fourth-order valence-electron chi connectivity index (χ4n) is 1.97. The lowest BCUT2D eigenvalue weighted by molar-refractivity contribution is 0.0697. The number of pyridine rings is 1. The maximum Gasteiger partial charge on any atom is 0.335 e. The number of aromatic carboxylic acids is 1. The molecule has 0 aliphatic heterocycles. The smallest absolute Gasteiger partial charge is 0.335 e. The molecule has 1 aromatic carbocycles. The number of carbonyl (C=O) groups is 1. The van der Waals surface area contributed by atoms with E-state index in [2.05, 4.69) is 16.4 Å². The fourth-order valence-corrected chi connectivity index (χ4v) is 1.97. The van der Waals surface area contributed by atoms with Crippen molar-refractivity contribution in [2.75, 3.05) is 5.32 Å². The topological polar surface area (TPSA) is 86.0 Å². The summed E-state index contributed by atoms with van der Waals surface area (Å²) in [6.07, 6.45) is 0. The van der Waals surface area contributed by atoms with Crippen LogP contribution in [0.25, 0.3) is 0 Å². The summed E-state index contributed by atoms with van der Waals surface area (Å²) < 4.78 is 0. The van der Waals surface area contributed by atoms with Crippen LogP contribution in [0.3, 0.4) is 0 Å². The molecule has 0 aliphatic carbocycles. The average Bonchev–Trinajstić information content (AvgIpc) is 2.52. The van der Waals surface area contributed by atoms with Crippen LogP contribution in [0.4, 0.5) is 5.82 Å². The molecule has 2 N–H and O–H groups in total. The molecule has 112 valence electrons. The maximum absolute atomic E-state index is 10.8. The number of hydrogen-bond donors (Lipinski definition) is 2. The third-order valence-corrected chi connectivity index (χ3v) is 3.29. The van der Waals surface area contributed by atoms with E-state index in [9.17, 15) is 4.79 Å². The lowest BCUT2D eigenvalue weighted by atomic mass is 10.1. The Bertz CT molecular complexity index is 716. The van der Waals surface area contributed by atoms with Gasteiger partial charge < -0.3 is 10.4 Å². The van der Waals surface area contributed by atoms with Crippen LogP contribution in [0, 0.1) is 11.3 Å². The maximum atomic E-state index is 10.8. The largest absolute Gasteiger partial charge is 0.478 e. The molecule has 0 bridgehead atoms. The van der Waals surface area contributed by atoms with E-state index in [0.29, 0.717) is 17.9 Å². The van der Waals surface area contributed by atoms with Gasteiger partial charge in [0.05, 0.1) is 11.1 Å². The Hall–Kier alpha value is -2.87. The monoisotopic (exact) mass is 295 g/mol. The standard InChI is InChI=1S/C17H17N3O2/c1-11(2)15-8-7-14(9-18)16(20-15)19-10-12-3-5-13(6-4-12)17(21)22/h3-8,11H,10H2,1-2H3,(H,19,20)(H,21,22). The lowest BCUT2D eigenvalue weighted by Gasteiger charge is -2.11. The molecule has 0 atom stereocenters. The van der Waals surface area contributed by atoms with Crippen molar-refractivity contribution in [1.29, 1.82) is 5.26 Å². The summed E-state index contributed by atoms with van der Waals surface area (Å²) in [6.45, 7) is 4.56. The number of carboxylic acids is 1. The molecule has 2 rings (SSSR count). The van der Waals surface area contributed by atoms with Crippen molar-refractivity contribution in [3.8, 4) is 6.07 Å². The Morgan fingerprint density at radius 2 is 1.95 bits per heavy atom. The van der Waals surface area contributed by atoms with Gasteiger partial charge in [0.25, 0.3) is 0 Å². The number of carboxylic acid groups (broad SMARTS) is 1. The van der Waals surface area contributed by atoms with Gasteiger partial charge in [0.1, 0.15) is 11.9 Å². The van der Waals surface area contributed by atoms with Gasteiger partial charge in [-0.05, 0) is 35.7 Å². The van der Waals surface area contributed by atoms with Gasteiger partial charge in [-0.15, -0.1) is 0 Å². The minimum Gasteiger partial charge on any atom is -0.478 e. The van der Waals surface area contributed by atoms with Crippen molar-refractivity contribution in [3.05, 3.63) is 58.8 Å². The van der Waals surface area contributed by atoms with Crippen molar-refractivity contribution in [3.63, 3.8) is 0 Å². The van der Waals surface area contributed by atoms with E-state index in [1.807, 2.05) is 19.9 Å². The molecule has 5 heteroatoms. The molecule has 0 saturated heterocycles. The van der Waals surface area contributed by atoms with Crippen LogP contribution in [0.5, 0.6) is 0 Å². The summed E-state index contributed by atoms with van der Waals surface area (Å²) in [4.78, 5) is 15.3. The van der Waals surface area contributed by atoms with E-state index in [0.717, 1.165) is 11.3 Å². The van der Waals surface area contributed by atoms with Crippen LogP contribution < -0.4 is 5.32 Å². The molecule has 1 heterocycles. The molecule has 0 amide bonds. The zero-order valence-electron chi connectivity index (χ0n) is 12.5. The number of nitrogens with zero attached hydrogens (tertiary/aromatic N) is 2. The highest BCUT2D eigenvalue weighted by molar-refractivity contribution is 5.87. The molecule has 0 fully saturated rings. The minimum atomic E-state index is -0.947. The summed E-state index contributed by atoms with van der Waals surface area (Å²) in [5.41, 5.74) is 2.58. The number of benzene rings is 1. The quantitative estimate of drug-likeness (QED) is 0.883. The van der Waals surface area contributed by atoms with Crippen molar-refractivity contribution in [2.45, 2.75) is 26.3 Å². The van der Waals surface area contributed by atoms with Gasteiger partial charge in [0.15, 0.2) is 0 Å². The molecule has 0 radical (unpaired) electrons. The second-order valence-corrected chi connectivity index (χ2v) is 5.25. The van der Waals surface area contributed by atoms with E-state index in [1.54, 1.807) is 30.3 Å². The van der Waals surface area contributed by atoms with E-state index < -0.39 is 5.97 Å². The Kier molecular flexibility index (Phi) is 4.74. The van der Waals surface area contributed by atoms with Gasteiger partial charge in [-0.1, -0.05) is 26.0 Å². The Morgan fingerprint density at radius 1 is 1.27 bits per heavy atom. The van der Waals surface area contributed by atoms with Crippen LogP contribution in [-0.4, -0.2) is 16.1 Å². The highest BCUT2D eigenvalue weighted by Crippen LogP contribution is 2.19. The first-order valence-corrected chi connectivity index (χ1v) is 6.98. The number of anilines is 1. The van der Waals surface area contributed by atoms with Gasteiger partial charge in [-0.25, -0.2) is 9.78 Å². The van der Waals surface area contributed by atoms with E-state index in [1.165, 1.54) is 0 Å². The van der Waals surface area contributed by atoms with Crippen LogP contribution in [0.2, 0.25) is 0 Å². The molecular formula is C17H17N3O2. The molecular weight excluding hydrogens is 278 g/mol. The first-order chi connectivity index (χ1) is 10.5. The zero-order chi connectivity index (χ0) is 16.1. The Morgan fingerprint density at radius 3 is 2.50 bits per heavy atom. The molecule has 0 saturated carbocycles. The minimum absolute atomic E-state index is 0.251. The molecule has 0 spiro atoms. The van der Waals surface area contributed by atoms with Gasteiger partial charge in [-0.3, -0.25) is 0 Å². The van der Waals surface area contributed by atoms with Crippen molar-refractivity contribution < 1.29 is 9.90 Å². The normalized spacial score (nSPS) is 10.3. The summed E-state index contributed by atoms with van der Waals surface area (Å²) in [7, 11) is 0. The highest BCUT2D eigenvalue weighted by atomic mass is 16.4. The average molecular weight is 295 g/mol. The molecule has 0 unspecified atom stereocenters. The number of hydrogen-bond acceptors (Lipinski definition) is 4. The predicted molar refractivity (Wildman–Crippen MR) is 83.8 cm³/mol. The van der Waals surface area contributed by atoms with E-state index in [-0.39, 0.29) is 11.5 Å². The SMILES string of the molecule is CC(C)c1ccc(C#N)c(NCc2ccc(C(=O)O)cc2)n1. The van der Waals surface area contributed by atoms with Gasteiger partial charge in [-0.2, -0.15) is 5.26 Å². The van der Waals surface area contributed by atoms with Crippen LogP contribution in [-0.2, 0) is 6.54 Å². The number of rotatable bonds is 5. The first kappa shape index (κ1) is 15.5. The summed E-state index contributed by atoms with van der Waals surface area (Å²) in [5.74, 6) is -0.114. The van der Waals surface area contributed by atoms with Crippen molar-refractivity contribution >= 4 is 11.8 Å². The third-order valence-electron chi connectivity index (χ3n) is 3.29. The first-order valence-electron chi connectivity index (χ1n) is 6.98. The van der Waals surface area contributed by atoms with Gasteiger partial charge in [0.2, 0.25) is 0 Å². The van der Waals surface area contributed by atoms with Crippen LogP contribution in [0.1, 0.15) is 46.9 Å². The van der Waals surface area contributed by atoms with Gasteiger partial charge in [0, 0.05) is 12.2 Å². The zero-order valence-corrected chi connectivity index (χ0v) is 12.5. The lowest BCUT2D eigenvalue weighted by Crippen LogP contribution is -2.06. The Labute approximate surface area is 129 Å². The number of aromatic nitrogens is 1. The fraction of sp³-hybridized carbons (Fsp3) is 0.235. The summed E-state index contributed by atoms with van der Waals surface area (Å²) >= 11 is 0. The van der Waals surface area contributed by atoms with Crippen molar-refractivity contribution in [1.82, 2.24) is 4.98 Å².